The number of aryl methyl sites for hydroxylation is 1. The Labute approximate surface area is 249 Å². The summed E-state index contributed by atoms with van der Waals surface area (Å²) in [5, 5.41) is 6.71. The van der Waals surface area contributed by atoms with E-state index < -0.39 is 21.8 Å². The van der Waals surface area contributed by atoms with Gasteiger partial charge in [-0.2, -0.15) is 9.41 Å². The molecule has 4 rings (SSSR count). The Morgan fingerprint density at radius 3 is 2.24 bits per heavy atom. The van der Waals surface area contributed by atoms with Gasteiger partial charge in [-0.05, 0) is 66.6 Å². The molecule has 3 aromatic carbocycles. The van der Waals surface area contributed by atoms with Gasteiger partial charge < -0.3 is 14.5 Å². The number of nitrogens with one attached hydrogen (secondary N) is 2. The highest BCUT2D eigenvalue weighted by molar-refractivity contribution is 7.89. The van der Waals surface area contributed by atoms with E-state index in [1.807, 2.05) is 31.2 Å². The van der Waals surface area contributed by atoms with Crippen LogP contribution in [-0.4, -0.2) is 37.9 Å². The van der Waals surface area contributed by atoms with Crippen LogP contribution in [-0.2, 0) is 39.2 Å². The van der Waals surface area contributed by atoms with Crippen molar-refractivity contribution in [3.8, 4) is 5.75 Å². The Morgan fingerprint density at radius 2 is 1.57 bits per heavy atom. The average Bonchev–Trinajstić information content (AvgIpc) is 3.44. The molecule has 0 aliphatic carbocycles. The number of hydrogen-bond acceptors (Lipinski definition) is 7. The number of nitrogens with zero attached hydrogens (tertiary/aromatic N) is 2. The first-order chi connectivity index (χ1) is 20.1. The van der Waals surface area contributed by atoms with Crippen molar-refractivity contribution >= 4 is 39.7 Å². The van der Waals surface area contributed by atoms with Gasteiger partial charge in [-0.1, -0.05) is 53.6 Å². The van der Waals surface area contributed by atoms with Crippen LogP contribution in [0.3, 0.4) is 0 Å². The second-order valence-corrected chi connectivity index (χ2v) is 11.6. The maximum atomic E-state index is 13.5. The van der Waals surface area contributed by atoms with Gasteiger partial charge in [0.05, 0.1) is 24.8 Å². The maximum Gasteiger partial charge on any atom is 0.329 e. The molecule has 0 fully saturated rings. The SMILES string of the molecule is COc1ccc(CNC(=O)C(=O)N/N=C/c2ccc(CN(Cc3ccc(C)cc3)S(=O)(=O)c3ccc(Cl)cc3)o2)cc1. The molecule has 0 atom stereocenters. The number of benzene rings is 3. The molecule has 1 aromatic heterocycles. The number of carbonyl (C=O) groups excluding carboxylic acids is 2. The van der Waals surface area contributed by atoms with Gasteiger partial charge in [0, 0.05) is 18.1 Å². The number of hydrazone groups is 1. The van der Waals surface area contributed by atoms with Crippen LogP contribution in [0, 0.1) is 6.92 Å². The monoisotopic (exact) mass is 608 g/mol. The average molecular weight is 609 g/mol. The summed E-state index contributed by atoms with van der Waals surface area (Å²) in [5.74, 6) is -0.527. The number of carbonyl (C=O) groups is 2. The summed E-state index contributed by atoms with van der Waals surface area (Å²) >= 11 is 5.96. The van der Waals surface area contributed by atoms with Crippen LogP contribution < -0.4 is 15.5 Å². The second kappa shape index (κ2) is 13.9. The largest absolute Gasteiger partial charge is 0.497 e. The van der Waals surface area contributed by atoms with Crippen LogP contribution >= 0.6 is 11.6 Å². The second-order valence-electron chi connectivity index (χ2n) is 9.25. The normalized spacial score (nSPS) is 11.5. The lowest BCUT2D eigenvalue weighted by Gasteiger charge is -2.21. The molecule has 218 valence electrons. The van der Waals surface area contributed by atoms with Gasteiger partial charge in [-0.15, -0.1) is 0 Å². The zero-order chi connectivity index (χ0) is 30.1. The van der Waals surface area contributed by atoms with E-state index in [0.717, 1.165) is 16.7 Å². The summed E-state index contributed by atoms with van der Waals surface area (Å²) in [4.78, 5) is 24.3. The third kappa shape index (κ3) is 8.29. The fraction of sp³-hybridized carbons (Fsp3) is 0.167. The first-order valence-electron chi connectivity index (χ1n) is 12.8. The Morgan fingerprint density at radius 1 is 0.905 bits per heavy atom. The lowest BCUT2D eigenvalue weighted by molar-refractivity contribution is -0.139. The molecule has 4 aromatic rings. The van der Waals surface area contributed by atoms with E-state index >= 15 is 0 Å². The highest BCUT2D eigenvalue weighted by Crippen LogP contribution is 2.23. The highest BCUT2D eigenvalue weighted by atomic mass is 35.5. The zero-order valence-electron chi connectivity index (χ0n) is 22.9. The Kier molecular flexibility index (Phi) is 10.1. The van der Waals surface area contributed by atoms with Crippen molar-refractivity contribution < 1.29 is 27.2 Å². The number of sulfonamides is 1. The first-order valence-corrected chi connectivity index (χ1v) is 14.6. The summed E-state index contributed by atoms with van der Waals surface area (Å²) in [6.45, 7) is 2.15. The Hall–Kier alpha value is -4.45. The molecule has 2 amide bonds. The van der Waals surface area contributed by atoms with Crippen LogP contribution in [0.5, 0.6) is 5.75 Å². The minimum Gasteiger partial charge on any atom is -0.497 e. The van der Waals surface area contributed by atoms with Crippen molar-refractivity contribution in [3.05, 3.63) is 118 Å². The van der Waals surface area contributed by atoms with Crippen molar-refractivity contribution in [2.45, 2.75) is 31.5 Å². The molecular weight excluding hydrogens is 580 g/mol. The smallest absolute Gasteiger partial charge is 0.329 e. The number of ether oxygens (including phenoxy) is 1. The first kappa shape index (κ1) is 30.5. The molecule has 10 nitrogen and oxygen atoms in total. The molecule has 0 radical (unpaired) electrons. The Balaban J connectivity index is 1.39. The predicted octanol–water partition coefficient (Wildman–Crippen LogP) is 4.41. The summed E-state index contributed by atoms with van der Waals surface area (Å²) in [6, 6.07) is 23.8. The van der Waals surface area contributed by atoms with Crippen LogP contribution in [0.4, 0.5) is 0 Å². The van der Waals surface area contributed by atoms with E-state index in [9.17, 15) is 18.0 Å². The third-order valence-corrected chi connectivity index (χ3v) is 8.18. The zero-order valence-corrected chi connectivity index (χ0v) is 24.5. The molecule has 0 unspecified atom stereocenters. The molecule has 0 bridgehead atoms. The minimum atomic E-state index is -3.91. The van der Waals surface area contributed by atoms with Crippen molar-refractivity contribution in [3.63, 3.8) is 0 Å². The molecule has 42 heavy (non-hydrogen) atoms. The van der Waals surface area contributed by atoms with E-state index in [2.05, 4.69) is 15.8 Å². The van der Waals surface area contributed by atoms with Gasteiger partial charge in [-0.3, -0.25) is 9.59 Å². The van der Waals surface area contributed by atoms with Crippen molar-refractivity contribution in [2.75, 3.05) is 7.11 Å². The molecule has 12 heteroatoms. The van der Waals surface area contributed by atoms with Gasteiger partial charge in [0.25, 0.3) is 0 Å². The summed E-state index contributed by atoms with van der Waals surface area (Å²) in [6.07, 6.45) is 1.22. The van der Waals surface area contributed by atoms with E-state index in [-0.39, 0.29) is 30.3 Å². The molecule has 0 saturated carbocycles. The van der Waals surface area contributed by atoms with E-state index in [1.54, 1.807) is 43.5 Å². The van der Waals surface area contributed by atoms with Gasteiger partial charge in [-0.25, -0.2) is 13.8 Å². The Bertz CT molecular complexity index is 1650. The van der Waals surface area contributed by atoms with Crippen molar-refractivity contribution in [2.24, 2.45) is 5.10 Å². The molecule has 2 N–H and O–H groups in total. The molecule has 0 spiro atoms. The fourth-order valence-electron chi connectivity index (χ4n) is 3.81. The number of furan rings is 1. The molecule has 0 saturated heterocycles. The fourth-order valence-corrected chi connectivity index (χ4v) is 5.33. The van der Waals surface area contributed by atoms with E-state index in [0.29, 0.717) is 16.5 Å². The quantitative estimate of drug-likeness (QED) is 0.147. The van der Waals surface area contributed by atoms with Gasteiger partial charge in [0.2, 0.25) is 10.0 Å². The molecule has 0 aliphatic rings. The highest BCUT2D eigenvalue weighted by Gasteiger charge is 2.26. The van der Waals surface area contributed by atoms with Gasteiger partial charge >= 0.3 is 11.8 Å². The van der Waals surface area contributed by atoms with Gasteiger partial charge in [0.1, 0.15) is 17.3 Å². The van der Waals surface area contributed by atoms with Crippen LogP contribution in [0.25, 0.3) is 0 Å². The summed E-state index contributed by atoms with van der Waals surface area (Å²) in [7, 11) is -2.35. The van der Waals surface area contributed by atoms with Gasteiger partial charge in [0.15, 0.2) is 0 Å². The minimum absolute atomic E-state index is 0.0627. The van der Waals surface area contributed by atoms with Crippen molar-refractivity contribution in [1.29, 1.82) is 0 Å². The molecular formula is C30H29ClN4O6S. The number of methoxy groups -OCH3 is 1. The third-order valence-electron chi connectivity index (χ3n) is 6.12. The molecule has 1 heterocycles. The lowest BCUT2D eigenvalue weighted by atomic mass is 10.1. The van der Waals surface area contributed by atoms with Crippen molar-refractivity contribution in [1.82, 2.24) is 15.0 Å². The van der Waals surface area contributed by atoms with E-state index in [4.69, 9.17) is 20.8 Å². The number of rotatable bonds is 11. The maximum absolute atomic E-state index is 13.5. The van der Waals surface area contributed by atoms with Crippen LogP contribution in [0.1, 0.15) is 28.2 Å². The standard InChI is InChI=1S/C30H29ClN4O6S/c1-21-3-5-23(6-4-21)19-35(42(38,39)28-15-9-24(31)10-16-28)20-27-14-13-26(41-27)18-33-34-30(37)29(36)32-17-22-7-11-25(40-2)12-8-22/h3-16,18H,17,19-20H2,1-2H3,(H,32,36)(H,34,37)/b33-18+. The lowest BCUT2D eigenvalue weighted by Crippen LogP contribution is -2.37. The predicted molar refractivity (Wildman–Crippen MR) is 158 cm³/mol. The number of hydrogen-bond donors (Lipinski definition) is 2. The molecule has 0 aliphatic heterocycles. The summed E-state index contributed by atoms with van der Waals surface area (Å²) in [5.41, 5.74) is 4.80. The van der Waals surface area contributed by atoms with E-state index in [1.165, 1.54) is 34.8 Å². The van der Waals surface area contributed by atoms with Crippen LogP contribution in [0.15, 0.2) is 99.3 Å². The number of halogens is 1. The topological polar surface area (TPSA) is 130 Å². The van der Waals surface area contributed by atoms with Crippen LogP contribution in [0.2, 0.25) is 5.02 Å². The summed E-state index contributed by atoms with van der Waals surface area (Å²) < 4.78 is 39.2. The number of amides is 2.